The van der Waals surface area contributed by atoms with Crippen LogP contribution < -0.4 is 5.32 Å². The van der Waals surface area contributed by atoms with E-state index in [1.165, 1.54) is 17.3 Å². The largest absolute Gasteiger partial charge is 0.473 e. The lowest BCUT2D eigenvalue weighted by atomic mass is 10.00. The van der Waals surface area contributed by atoms with Crippen molar-refractivity contribution in [3.05, 3.63) is 34.8 Å². The fourth-order valence-corrected chi connectivity index (χ4v) is 3.49. The van der Waals surface area contributed by atoms with Crippen LogP contribution in [0.25, 0.3) is 10.9 Å². The van der Waals surface area contributed by atoms with Crippen LogP contribution in [-0.4, -0.2) is 45.6 Å². The Bertz CT molecular complexity index is 876. The van der Waals surface area contributed by atoms with Crippen molar-refractivity contribution in [3.63, 3.8) is 0 Å². The average Bonchev–Trinajstić information content (AvgIpc) is 2.73. The molecule has 0 saturated heterocycles. The van der Waals surface area contributed by atoms with Gasteiger partial charge in [0.25, 0.3) is 0 Å². The summed E-state index contributed by atoms with van der Waals surface area (Å²) >= 11 is 0. The summed E-state index contributed by atoms with van der Waals surface area (Å²) in [6.45, 7) is 2.62. The lowest BCUT2D eigenvalue weighted by Crippen LogP contribution is -2.19. The maximum atomic E-state index is 13.8. The number of carbonyl (C=O) groups excluding carboxylic acids is 1. The van der Waals surface area contributed by atoms with Crippen LogP contribution in [0, 0.1) is 5.82 Å². The molecule has 2 aliphatic heterocycles. The Hall–Kier alpha value is -2.74. The number of carboxylic acids is 2. The number of Topliss-reactive ketones (excluding diaryl/α,β-unsaturated/α-hetero) is 1. The van der Waals surface area contributed by atoms with Crippen molar-refractivity contribution in [3.8, 4) is 0 Å². The number of aliphatic carboxylic acids is 2. The molecule has 0 fully saturated rings. The van der Waals surface area contributed by atoms with E-state index in [1.807, 2.05) is 0 Å². The lowest BCUT2D eigenvalue weighted by molar-refractivity contribution is -0.159. The molecule has 3 N–H and O–H groups in total. The van der Waals surface area contributed by atoms with E-state index >= 15 is 0 Å². The molecule has 0 saturated carbocycles. The number of ketones is 1. The van der Waals surface area contributed by atoms with Gasteiger partial charge >= 0.3 is 11.9 Å². The maximum absolute atomic E-state index is 13.8. The number of nitrogens with one attached hydrogen (secondary N) is 1. The molecular formula is C18H21FN2O5. The van der Waals surface area contributed by atoms with E-state index in [9.17, 15) is 9.18 Å². The van der Waals surface area contributed by atoms with Crippen LogP contribution in [0.15, 0.2) is 12.1 Å². The number of aromatic nitrogens is 1. The normalized spacial score (nSPS) is 15.2. The molecule has 3 heterocycles. The highest BCUT2D eigenvalue weighted by Crippen LogP contribution is 2.34. The zero-order valence-electron chi connectivity index (χ0n) is 13.3. The Labute approximate surface area is 149 Å². The molecule has 0 aliphatic carbocycles. The van der Waals surface area contributed by atoms with Crippen molar-refractivity contribution in [2.75, 3.05) is 13.1 Å². The van der Waals surface area contributed by atoms with Crippen molar-refractivity contribution in [1.29, 1.82) is 0 Å². The van der Waals surface area contributed by atoms with E-state index in [0.29, 0.717) is 12.0 Å². The second-order valence-electron chi connectivity index (χ2n) is 5.96. The fraction of sp³-hybridized carbons (Fsp3) is 0.389. The van der Waals surface area contributed by atoms with Gasteiger partial charge in [-0.3, -0.25) is 4.79 Å². The molecule has 1 aromatic heterocycles. The minimum Gasteiger partial charge on any atom is -0.473 e. The van der Waals surface area contributed by atoms with Crippen molar-refractivity contribution in [2.24, 2.45) is 0 Å². The molecule has 4 rings (SSSR count). The summed E-state index contributed by atoms with van der Waals surface area (Å²) in [5, 5.41) is 19.1. The van der Waals surface area contributed by atoms with Crippen molar-refractivity contribution in [2.45, 2.75) is 33.2 Å². The van der Waals surface area contributed by atoms with Crippen LogP contribution in [0.2, 0.25) is 0 Å². The van der Waals surface area contributed by atoms with E-state index in [2.05, 4.69) is 9.88 Å². The van der Waals surface area contributed by atoms with Gasteiger partial charge in [0.2, 0.25) is 0 Å². The summed E-state index contributed by atoms with van der Waals surface area (Å²) in [7, 11) is 0. The fourth-order valence-electron chi connectivity index (χ4n) is 3.49. The first-order chi connectivity index (χ1) is 11.9. The number of carboxylic acid groups (broad SMARTS) is 2. The first-order valence-electron chi connectivity index (χ1n) is 7.93. The molecule has 1 aromatic carbocycles. The van der Waals surface area contributed by atoms with Crippen LogP contribution >= 0.6 is 0 Å². The molecule has 0 spiro atoms. The van der Waals surface area contributed by atoms with Crippen LogP contribution in [-0.2, 0) is 29.0 Å². The van der Waals surface area contributed by atoms with E-state index in [4.69, 9.17) is 19.8 Å². The van der Waals surface area contributed by atoms with Gasteiger partial charge in [-0.1, -0.05) is 7.43 Å². The number of hydrogen-bond donors (Lipinski definition) is 3. The summed E-state index contributed by atoms with van der Waals surface area (Å²) < 4.78 is 16.0. The smallest absolute Gasteiger partial charge is 0.414 e. The second-order valence-corrected chi connectivity index (χ2v) is 5.96. The van der Waals surface area contributed by atoms with Gasteiger partial charge in [-0.25, -0.2) is 14.0 Å². The third kappa shape index (κ3) is 3.45. The zero-order chi connectivity index (χ0) is 18.1. The van der Waals surface area contributed by atoms with E-state index in [-0.39, 0.29) is 19.0 Å². The summed E-state index contributed by atoms with van der Waals surface area (Å²) in [4.78, 5) is 30.2. The predicted molar refractivity (Wildman–Crippen MR) is 93.1 cm³/mol. The molecule has 140 valence electrons. The Morgan fingerprint density at radius 1 is 1.08 bits per heavy atom. The van der Waals surface area contributed by atoms with Gasteiger partial charge in [0, 0.05) is 42.6 Å². The van der Waals surface area contributed by atoms with Gasteiger partial charge < -0.3 is 20.1 Å². The number of nitrogens with zero attached hydrogens (tertiary/aromatic N) is 1. The first kappa shape index (κ1) is 19.6. The second kappa shape index (κ2) is 7.65. The molecule has 2 aromatic rings. The van der Waals surface area contributed by atoms with E-state index in [0.717, 1.165) is 43.4 Å². The molecule has 2 aliphatic rings. The monoisotopic (exact) mass is 364 g/mol. The summed E-state index contributed by atoms with van der Waals surface area (Å²) in [6.07, 6.45) is 2.36. The molecule has 8 heteroatoms. The number of halogens is 1. The minimum atomic E-state index is -1.82. The molecule has 0 amide bonds. The number of fused-ring (bicyclic) bond motifs is 3. The molecule has 7 nitrogen and oxygen atoms in total. The molecule has 0 bridgehead atoms. The van der Waals surface area contributed by atoms with E-state index in [1.54, 1.807) is 6.07 Å². The molecule has 0 atom stereocenters. The van der Waals surface area contributed by atoms with Gasteiger partial charge in [-0.05, 0) is 30.7 Å². The number of aryl methyl sites for hydroxylation is 1. The minimum absolute atomic E-state index is 0. The van der Waals surface area contributed by atoms with E-state index < -0.39 is 11.9 Å². The van der Waals surface area contributed by atoms with Gasteiger partial charge in [0.05, 0.1) is 5.52 Å². The molecule has 0 unspecified atom stereocenters. The predicted octanol–water partition coefficient (Wildman–Crippen LogP) is 1.85. The molecule has 26 heavy (non-hydrogen) atoms. The zero-order valence-corrected chi connectivity index (χ0v) is 13.3. The maximum Gasteiger partial charge on any atom is 0.414 e. The molecule has 0 radical (unpaired) electrons. The standard InChI is InChI=1S/C15H15FN2O.C2H2O4.CH4/c16-9-7-11-10-1-4-17-5-2-13(10)18-6-3-14(19)12(8-9)15(11)18;3-1(4)2(5)6;/h7-8,17H,1-6H2;(H,3,4)(H,5,6);1H4. The highest BCUT2D eigenvalue weighted by atomic mass is 19.1. The average molecular weight is 364 g/mol. The first-order valence-corrected chi connectivity index (χ1v) is 7.93. The van der Waals surface area contributed by atoms with Crippen molar-refractivity contribution in [1.82, 2.24) is 9.88 Å². The van der Waals surface area contributed by atoms with Crippen LogP contribution in [0.1, 0.15) is 35.5 Å². The Morgan fingerprint density at radius 2 is 1.73 bits per heavy atom. The highest BCUT2D eigenvalue weighted by Gasteiger charge is 2.27. The number of hydrogen-bond acceptors (Lipinski definition) is 4. The lowest BCUT2D eigenvalue weighted by Gasteiger charge is -2.17. The Morgan fingerprint density at radius 3 is 2.38 bits per heavy atom. The highest BCUT2D eigenvalue weighted by molar-refractivity contribution is 6.27. The van der Waals surface area contributed by atoms with Crippen LogP contribution in [0.4, 0.5) is 4.39 Å². The third-order valence-electron chi connectivity index (χ3n) is 4.48. The van der Waals surface area contributed by atoms with Crippen molar-refractivity contribution >= 4 is 28.6 Å². The van der Waals surface area contributed by atoms with Gasteiger partial charge in [-0.2, -0.15) is 0 Å². The molecular weight excluding hydrogens is 343 g/mol. The number of rotatable bonds is 0. The quantitative estimate of drug-likeness (QED) is 0.616. The SMILES string of the molecule is C.O=C(O)C(=O)O.O=C1CCn2c3c(c4cc(F)cc1c42)CCNCC3. The van der Waals surface area contributed by atoms with Crippen LogP contribution in [0.3, 0.4) is 0 Å². The summed E-state index contributed by atoms with van der Waals surface area (Å²) in [5.74, 6) is -3.87. The Balaban J connectivity index is 0.000000305. The Kier molecular flexibility index (Phi) is 5.76. The third-order valence-corrected chi connectivity index (χ3v) is 4.48. The van der Waals surface area contributed by atoms with Gasteiger partial charge in [0.1, 0.15) is 5.82 Å². The van der Waals surface area contributed by atoms with Crippen LogP contribution in [0.5, 0.6) is 0 Å². The number of carbonyl (C=O) groups is 3. The summed E-state index contributed by atoms with van der Waals surface area (Å²) in [5.41, 5.74) is 4.06. The van der Waals surface area contributed by atoms with Crippen molar-refractivity contribution < 1.29 is 29.0 Å². The summed E-state index contributed by atoms with van der Waals surface area (Å²) in [6, 6.07) is 3.00. The van der Waals surface area contributed by atoms with Gasteiger partial charge in [-0.15, -0.1) is 0 Å². The number of benzene rings is 1. The van der Waals surface area contributed by atoms with Gasteiger partial charge in [0.15, 0.2) is 5.78 Å². The topological polar surface area (TPSA) is 109 Å².